The largest absolute Gasteiger partial charge is 0.348 e. The molecule has 0 saturated heterocycles. The van der Waals surface area contributed by atoms with E-state index in [1.165, 1.54) is 22.9 Å². The fourth-order valence-corrected chi connectivity index (χ4v) is 4.38. The highest BCUT2D eigenvalue weighted by atomic mass is 32.2. The highest BCUT2D eigenvalue weighted by molar-refractivity contribution is 8.00. The standard InChI is InChI=1S/C22H22N2OS/c1-15(26-21-14-13-17-8-3-5-11-19(17)23-21)22(25)24-20-12-6-9-16-7-2-4-10-18(16)20/h2-5,7-8,10-11,13-15,20H,6,9,12H2,1H3,(H,24,25). The summed E-state index contributed by atoms with van der Waals surface area (Å²) in [5.74, 6) is 0.0756. The molecule has 0 bridgehead atoms. The zero-order valence-corrected chi connectivity index (χ0v) is 15.6. The number of aryl methyl sites for hydroxylation is 1. The lowest BCUT2D eigenvalue weighted by atomic mass is 9.88. The quantitative estimate of drug-likeness (QED) is 0.671. The summed E-state index contributed by atoms with van der Waals surface area (Å²) in [4.78, 5) is 17.4. The van der Waals surface area contributed by atoms with Gasteiger partial charge in [0, 0.05) is 5.39 Å². The number of carbonyl (C=O) groups excluding carboxylic acids is 1. The van der Waals surface area contributed by atoms with Crippen LogP contribution in [-0.2, 0) is 11.2 Å². The number of nitrogens with one attached hydrogen (secondary N) is 1. The summed E-state index contributed by atoms with van der Waals surface area (Å²) < 4.78 is 0. The highest BCUT2D eigenvalue weighted by Gasteiger charge is 2.24. The lowest BCUT2D eigenvalue weighted by Crippen LogP contribution is -2.35. The van der Waals surface area contributed by atoms with Crippen molar-refractivity contribution in [3.63, 3.8) is 0 Å². The van der Waals surface area contributed by atoms with Gasteiger partial charge in [-0.2, -0.15) is 0 Å². The zero-order chi connectivity index (χ0) is 17.9. The Labute approximate surface area is 158 Å². The molecule has 1 aliphatic carbocycles. The molecule has 26 heavy (non-hydrogen) atoms. The summed E-state index contributed by atoms with van der Waals surface area (Å²) in [5, 5.41) is 5.06. The molecule has 132 valence electrons. The molecule has 2 atom stereocenters. The number of fused-ring (bicyclic) bond motifs is 2. The van der Waals surface area contributed by atoms with E-state index in [0.29, 0.717) is 0 Å². The van der Waals surface area contributed by atoms with Crippen LogP contribution in [0, 0.1) is 0 Å². The lowest BCUT2D eigenvalue weighted by Gasteiger charge is -2.27. The molecule has 3 nitrogen and oxygen atoms in total. The number of nitrogens with zero attached hydrogens (tertiary/aromatic N) is 1. The number of hydrogen-bond acceptors (Lipinski definition) is 3. The Morgan fingerprint density at radius 3 is 2.85 bits per heavy atom. The first-order chi connectivity index (χ1) is 12.7. The number of carbonyl (C=O) groups is 1. The second-order valence-electron chi connectivity index (χ2n) is 6.75. The molecule has 0 spiro atoms. The Morgan fingerprint density at radius 1 is 1.12 bits per heavy atom. The third-order valence-corrected chi connectivity index (χ3v) is 5.96. The van der Waals surface area contributed by atoms with Gasteiger partial charge < -0.3 is 5.32 Å². The molecule has 1 aromatic heterocycles. The Morgan fingerprint density at radius 2 is 1.92 bits per heavy atom. The Bertz CT molecular complexity index is 940. The summed E-state index contributed by atoms with van der Waals surface area (Å²) >= 11 is 1.51. The van der Waals surface area contributed by atoms with Crippen molar-refractivity contribution in [2.45, 2.75) is 42.5 Å². The molecular weight excluding hydrogens is 340 g/mol. The summed E-state index contributed by atoms with van der Waals surface area (Å²) in [6.45, 7) is 1.95. The molecule has 0 radical (unpaired) electrons. The lowest BCUT2D eigenvalue weighted by molar-refractivity contribution is -0.121. The Kier molecular flexibility index (Phi) is 4.93. The number of rotatable bonds is 4. The van der Waals surface area contributed by atoms with Crippen LogP contribution in [0.2, 0.25) is 0 Å². The van der Waals surface area contributed by atoms with Crippen LogP contribution < -0.4 is 5.32 Å². The van der Waals surface area contributed by atoms with E-state index in [-0.39, 0.29) is 17.2 Å². The topological polar surface area (TPSA) is 42.0 Å². The first-order valence-electron chi connectivity index (χ1n) is 9.11. The number of thioether (sulfide) groups is 1. The maximum atomic E-state index is 12.7. The van der Waals surface area contributed by atoms with E-state index < -0.39 is 0 Å². The minimum Gasteiger partial charge on any atom is -0.348 e. The van der Waals surface area contributed by atoms with E-state index in [2.05, 4.69) is 40.6 Å². The normalized spacial score (nSPS) is 17.5. The average Bonchev–Trinajstić information content (AvgIpc) is 2.68. The smallest absolute Gasteiger partial charge is 0.233 e. The Hall–Kier alpha value is -2.33. The van der Waals surface area contributed by atoms with Crippen molar-refractivity contribution in [1.29, 1.82) is 0 Å². The monoisotopic (exact) mass is 362 g/mol. The van der Waals surface area contributed by atoms with Crippen molar-refractivity contribution < 1.29 is 4.79 Å². The molecule has 4 rings (SSSR count). The van der Waals surface area contributed by atoms with Crippen molar-refractivity contribution in [1.82, 2.24) is 10.3 Å². The maximum Gasteiger partial charge on any atom is 0.233 e. The van der Waals surface area contributed by atoms with Crippen LogP contribution in [0.3, 0.4) is 0 Å². The molecule has 2 aromatic carbocycles. The van der Waals surface area contributed by atoms with Gasteiger partial charge >= 0.3 is 0 Å². The molecule has 1 heterocycles. The summed E-state index contributed by atoms with van der Waals surface area (Å²) in [5.41, 5.74) is 3.60. The zero-order valence-electron chi connectivity index (χ0n) is 14.8. The second-order valence-corrected chi connectivity index (χ2v) is 8.12. The predicted octanol–water partition coefficient (Wildman–Crippen LogP) is 4.91. The molecule has 1 amide bonds. The van der Waals surface area contributed by atoms with Crippen LogP contribution in [0.1, 0.15) is 36.9 Å². The number of aromatic nitrogens is 1. The first-order valence-corrected chi connectivity index (χ1v) is 9.99. The second kappa shape index (κ2) is 7.50. The van der Waals surface area contributed by atoms with Gasteiger partial charge in [-0.25, -0.2) is 4.98 Å². The van der Waals surface area contributed by atoms with Gasteiger partial charge in [-0.1, -0.05) is 60.3 Å². The number of pyridine rings is 1. The van der Waals surface area contributed by atoms with E-state index >= 15 is 0 Å². The van der Waals surface area contributed by atoms with Gasteiger partial charge in [0.05, 0.1) is 21.8 Å². The van der Waals surface area contributed by atoms with Crippen LogP contribution in [0.4, 0.5) is 0 Å². The number of para-hydroxylation sites is 1. The van der Waals surface area contributed by atoms with E-state index in [0.717, 1.165) is 35.2 Å². The molecule has 0 saturated carbocycles. The van der Waals surface area contributed by atoms with Crippen molar-refractivity contribution in [2.24, 2.45) is 0 Å². The van der Waals surface area contributed by atoms with Crippen LogP contribution in [0.5, 0.6) is 0 Å². The molecule has 0 aliphatic heterocycles. The van der Waals surface area contributed by atoms with Crippen molar-refractivity contribution >= 4 is 28.6 Å². The summed E-state index contributed by atoms with van der Waals surface area (Å²) in [7, 11) is 0. The molecule has 2 unspecified atom stereocenters. The number of hydrogen-bond donors (Lipinski definition) is 1. The van der Waals surface area contributed by atoms with Gasteiger partial charge in [0.25, 0.3) is 0 Å². The van der Waals surface area contributed by atoms with Crippen LogP contribution >= 0.6 is 11.8 Å². The van der Waals surface area contributed by atoms with Crippen LogP contribution in [-0.4, -0.2) is 16.1 Å². The van der Waals surface area contributed by atoms with Gasteiger partial charge in [0.2, 0.25) is 5.91 Å². The first kappa shape index (κ1) is 17.1. The van der Waals surface area contributed by atoms with Gasteiger partial charge in [-0.15, -0.1) is 0 Å². The Balaban J connectivity index is 1.45. The predicted molar refractivity (Wildman–Crippen MR) is 107 cm³/mol. The van der Waals surface area contributed by atoms with Crippen LogP contribution in [0.15, 0.2) is 65.7 Å². The minimum absolute atomic E-state index is 0.0756. The van der Waals surface area contributed by atoms with Gasteiger partial charge in [-0.3, -0.25) is 4.79 Å². The number of benzene rings is 2. The molecule has 1 aliphatic rings. The van der Waals surface area contributed by atoms with Gasteiger partial charge in [-0.05, 0) is 49.4 Å². The van der Waals surface area contributed by atoms with Crippen molar-refractivity contribution in [3.05, 3.63) is 71.8 Å². The fraction of sp³-hybridized carbons (Fsp3) is 0.273. The summed E-state index contributed by atoms with van der Waals surface area (Å²) in [6, 6.07) is 20.7. The molecule has 3 aromatic rings. The molecule has 0 fully saturated rings. The van der Waals surface area contributed by atoms with Gasteiger partial charge in [0.1, 0.15) is 0 Å². The SMILES string of the molecule is CC(Sc1ccc2ccccc2n1)C(=O)NC1CCCc2ccccc21. The third-order valence-electron chi connectivity index (χ3n) is 4.93. The highest BCUT2D eigenvalue weighted by Crippen LogP contribution is 2.30. The van der Waals surface area contributed by atoms with Crippen molar-refractivity contribution in [3.8, 4) is 0 Å². The summed E-state index contributed by atoms with van der Waals surface area (Å²) in [6.07, 6.45) is 3.23. The third kappa shape index (κ3) is 3.61. The average molecular weight is 362 g/mol. The molecular formula is C22H22N2OS. The maximum absolute atomic E-state index is 12.7. The molecule has 4 heteroatoms. The van der Waals surface area contributed by atoms with Crippen LogP contribution in [0.25, 0.3) is 10.9 Å². The number of amides is 1. The van der Waals surface area contributed by atoms with Crippen molar-refractivity contribution in [2.75, 3.05) is 0 Å². The van der Waals surface area contributed by atoms with E-state index in [1.807, 2.05) is 37.3 Å². The molecule has 1 N–H and O–H groups in total. The van der Waals surface area contributed by atoms with E-state index in [4.69, 9.17) is 0 Å². The van der Waals surface area contributed by atoms with E-state index in [9.17, 15) is 4.79 Å². The van der Waals surface area contributed by atoms with Gasteiger partial charge in [0.15, 0.2) is 0 Å². The fourth-order valence-electron chi connectivity index (χ4n) is 3.54. The minimum atomic E-state index is -0.183. The van der Waals surface area contributed by atoms with E-state index in [1.54, 1.807) is 0 Å².